The third kappa shape index (κ3) is 4.22. The minimum Gasteiger partial charge on any atom is -0.315 e. The number of rotatable bonds is 3. The molecule has 7 heteroatoms. The number of alkyl halides is 3. The molecule has 0 spiro atoms. The number of anilines is 1. The van der Waals surface area contributed by atoms with Crippen LogP contribution in [0.4, 0.5) is 23.2 Å². The normalized spacial score (nSPS) is 11.4. The number of hydrogen-bond donors (Lipinski definition) is 0. The van der Waals surface area contributed by atoms with Crippen LogP contribution < -0.4 is 4.90 Å². The van der Waals surface area contributed by atoms with Crippen molar-refractivity contribution in [1.82, 2.24) is 0 Å². The maximum Gasteiger partial charge on any atom is 0.417 e. The molecule has 0 unspecified atom stereocenters. The van der Waals surface area contributed by atoms with E-state index in [0.29, 0.717) is 5.69 Å². The minimum atomic E-state index is -4.58. The second-order valence-corrected chi connectivity index (χ2v) is 5.33. The Morgan fingerprint density at radius 2 is 1.74 bits per heavy atom. The minimum absolute atomic E-state index is 0.195. The van der Waals surface area contributed by atoms with E-state index in [0.717, 1.165) is 12.1 Å². The standard InChI is InChI=1S/C16H12ClF4NO/c1-22(12-5-3-11(18)4-6-12)15(23)9-10-2-7-14(17)13(8-10)16(19,20)21/h2-8H,9H2,1H3. The molecule has 0 aliphatic carbocycles. The Morgan fingerprint density at radius 1 is 1.13 bits per heavy atom. The van der Waals surface area contributed by atoms with E-state index < -0.39 is 28.5 Å². The van der Waals surface area contributed by atoms with Crippen molar-refractivity contribution >= 4 is 23.2 Å². The lowest BCUT2D eigenvalue weighted by Gasteiger charge is -2.18. The van der Waals surface area contributed by atoms with E-state index >= 15 is 0 Å². The molecule has 0 fully saturated rings. The van der Waals surface area contributed by atoms with Crippen molar-refractivity contribution in [3.05, 3.63) is 64.4 Å². The van der Waals surface area contributed by atoms with Crippen molar-refractivity contribution in [3.8, 4) is 0 Å². The highest BCUT2D eigenvalue weighted by Gasteiger charge is 2.33. The second-order valence-electron chi connectivity index (χ2n) is 4.92. The first-order valence-corrected chi connectivity index (χ1v) is 6.94. The molecule has 2 rings (SSSR count). The summed E-state index contributed by atoms with van der Waals surface area (Å²) < 4.78 is 51.3. The van der Waals surface area contributed by atoms with Gasteiger partial charge in [-0.1, -0.05) is 17.7 Å². The van der Waals surface area contributed by atoms with E-state index in [1.807, 2.05) is 0 Å². The van der Waals surface area contributed by atoms with Crippen molar-refractivity contribution in [2.24, 2.45) is 0 Å². The average Bonchev–Trinajstić information content (AvgIpc) is 2.48. The van der Waals surface area contributed by atoms with Gasteiger partial charge in [0.1, 0.15) is 5.82 Å². The number of carbonyl (C=O) groups excluding carboxylic acids is 1. The molecule has 122 valence electrons. The zero-order chi connectivity index (χ0) is 17.2. The molecule has 0 heterocycles. The summed E-state index contributed by atoms with van der Waals surface area (Å²) in [5.41, 5.74) is -0.337. The number of nitrogens with zero attached hydrogens (tertiary/aromatic N) is 1. The van der Waals surface area contributed by atoms with Gasteiger partial charge in [-0.15, -0.1) is 0 Å². The van der Waals surface area contributed by atoms with Crippen LogP contribution >= 0.6 is 11.6 Å². The van der Waals surface area contributed by atoms with Crippen molar-refractivity contribution in [2.45, 2.75) is 12.6 Å². The molecule has 2 aromatic carbocycles. The Kier molecular flexibility index (Phi) is 4.94. The van der Waals surface area contributed by atoms with E-state index in [2.05, 4.69) is 0 Å². The third-order valence-corrected chi connectivity index (χ3v) is 3.61. The molecule has 23 heavy (non-hydrogen) atoms. The molecule has 0 aliphatic heterocycles. The molecule has 0 saturated heterocycles. The molecule has 0 radical (unpaired) electrons. The molecule has 0 saturated carbocycles. The first-order valence-electron chi connectivity index (χ1n) is 6.56. The van der Waals surface area contributed by atoms with Gasteiger partial charge in [-0.2, -0.15) is 13.2 Å². The molecule has 2 nitrogen and oxygen atoms in total. The fraction of sp³-hybridized carbons (Fsp3) is 0.188. The van der Waals surface area contributed by atoms with E-state index in [9.17, 15) is 22.4 Å². The van der Waals surface area contributed by atoms with Crippen LogP contribution in [0.3, 0.4) is 0 Å². The summed E-state index contributed by atoms with van der Waals surface area (Å²) in [4.78, 5) is 13.4. The summed E-state index contributed by atoms with van der Waals surface area (Å²) in [6, 6.07) is 8.57. The quantitative estimate of drug-likeness (QED) is 0.738. The number of likely N-dealkylation sites (N-methyl/N-ethyl adjacent to an activating group) is 1. The molecule has 0 bridgehead atoms. The van der Waals surface area contributed by atoms with Crippen molar-refractivity contribution in [1.29, 1.82) is 0 Å². The number of hydrogen-bond acceptors (Lipinski definition) is 1. The summed E-state index contributed by atoms with van der Waals surface area (Å²) >= 11 is 5.54. The first kappa shape index (κ1) is 17.3. The highest BCUT2D eigenvalue weighted by molar-refractivity contribution is 6.31. The molecule has 0 aliphatic rings. The lowest BCUT2D eigenvalue weighted by atomic mass is 10.1. The van der Waals surface area contributed by atoms with Crippen molar-refractivity contribution in [2.75, 3.05) is 11.9 Å². The highest BCUT2D eigenvalue weighted by Crippen LogP contribution is 2.35. The predicted molar refractivity (Wildman–Crippen MR) is 80.0 cm³/mol. The Morgan fingerprint density at radius 3 is 2.30 bits per heavy atom. The maximum atomic E-state index is 12.9. The first-order chi connectivity index (χ1) is 10.7. The van der Waals surface area contributed by atoms with Crippen LogP contribution in [0, 0.1) is 5.82 Å². The van der Waals surface area contributed by atoms with E-state index in [1.54, 1.807) is 0 Å². The fourth-order valence-electron chi connectivity index (χ4n) is 2.00. The van der Waals surface area contributed by atoms with Gasteiger partial charge < -0.3 is 4.90 Å². The molecule has 0 N–H and O–H groups in total. The van der Waals surface area contributed by atoms with Gasteiger partial charge in [0.15, 0.2) is 0 Å². The fourth-order valence-corrected chi connectivity index (χ4v) is 2.23. The third-order valence-electron chi connectivity index (χ3n) is 3.28. The van der Waals surface area contributed by atoms with Gasteiger partial charge in [-0.25, -0.2) is 4.39 Å². The van der Waals surface area contributed by atoms with Crippen LogP contribution in [0.25, 0.3) is 0 Å². The van der Waals surface area contributed by atoms with Crippen molar-refractivity contribution < 1.29 is 22.4 Å². The summed E-state index contributed by atoms with van der Waals surface area (Å²) in [6.45, 7) is 0. The van der Waals surface area contributed by atoms with Gasteiger partial charge in [0.2, 0.25) is 5.91 Å². The molecule has 0 atom stereocenters. The number of carbonyl (C=O) groups is 1. The largest absolute Gasteiger partial charge is 0.417 e. The smallest absolute Gasteiger partial charge is 0.315 e. The molecule has 0 aromatic heterocycles. The zero-order valence-electron chi connectivity index (χ0n) is 12.0. The van der Waals surface area contributed by atoms with Gasteiger partial charge >= 0.3 is 6.18 Å². The topological polar surface area (TPSA) is 20.3 Å². The Bertz CT molecular complexity index is 713. The van der Waals surface area contributed by atoms with Gasteiger partial charge in [0.05, 0.1) is 17.0 Å². The number of benzene rings is 2. The zero-order valence-corrected chi connectivity index (χ0v) is 12.7. The summed E-state index contributed by atoms with van der Waals surface area (Å²) in [7, 11) is 1.47. The van der Waals surface area contributed by atoms with Crippen LogP contribution in [-0.4, -0.2) is 13.0 Å². The van der Waals surface area contributed by atoms with E-state index in [1.165, 1.54) is 42.3 Å². The van der Waals surface area contributed by atoms with Crippen LogP contribution in [0.5, 0.6) is 0 Å². The lowest BCUT2D eigenvalue weighted by molar-refractivity contribution is -0.137. The van der Waals surface area contributed by atoms with Crippen LogP contribution in [0.2, 0.25) is 5.02 Å². The Hall–Kier alpha value is -2.08. The maximum absolute atomic E-state index is 12.9. The second kappa shape index (κ2) is 6.58. The lowest BCUT2D eigenvalue weighted by Crippen LogP contribution is -2.27. The van der Waals surface area contributed by atoms with Crippen LogP contribution in [0.15, 0.2) is 42.5 Å². The van der Waals surface area contributed by atoms with Gasteiger partial charge in [-0.05, 0) is 42.0 Å². The van der Waals surface area contributed by atoms with Gasteiger partial charge in [-0.3, -0.25) is 4.79 Å². The molecular weight excluding hydrogens is 334 g/mol. The number of halogens is 5. The number of amides is 1. The molecule has 1 amide bonds. The molecular formula is C16H12ClF4NO. The van der Waals surface area contributed by atoms with E-state index in [-0.39, 0.29) is 12.0 Å². The summed E-state index contributed by atoms with van der Waals surface area (Å²) in [5, 5.41) is -0.416. The monoisotopic (exact) mass is 345 g/mol. The van der Waals surface area contributed by atoms with Gasteiger partial charge in [0, 0.05) is 12.7 Å². The Balaban J connectivity index is 2.18. The van der Waals surface area contributed by atoms with Crippen LogP contribution in [-0.2, 0) is 17.4 Å². The summed E-state index contributed by atoms with van der Waals surface area (Å²) in [6.07, 6.45) is -4.81. The predicted octanol–water partition coefficient (Wildman–Crippen LogP) is 4.70. The molecule has 2 aromatic rings. The highest BCUT2D eigenvalue weighted by atomic mass is 35.5. The van der Waals surface area contributed by atoms with Crippen molar-refractivity contribution in [3.63, 3.8) is 0 Å². The SMILES string of the molecule is CN(C(=O)Cc1ccc(Cl)c(C(F)(F)F)c1)c1ccc(F)cc1. The van der Waals surface area contributed by atoms with Crippen LogP contribution in [0.1, 0.15) is 11.1 Å². The van der Waals surface area contributed by atoms with Gasteiger partial charge in [0.25, 0.3) is 0 Å². The van der Waals surface area contributed by atoms with E-state index in [4.69, 9.17) is 11.6 Å². The Labute approximate surface area is 135 Å². The average molecular weight is 346 g/mol. The summed E-state index contributed by atoms with van der Waals surface area (Å²) in [5.74, 6) is -0.867.